The predicted molar refractivity (Wildman–Crippen MR) is 75.3 cm³/mol. The van der Waals surface area contributed by atoms with E-state index in [4.69, 9.17) is 21.1 Å². The summed E-state index contributed by atoms with van der Waals surface area (Å²) in [4.78, 5) is 18.8. The highest BCUT2D eigenvalue weighted by atomic mass is 35.5. The maximum absolute atomic E-state index is 11.0. The zero-order valence-electron chi connectivity index (χ0n) is 10.9. The van der Waals surface area contributed by atoms with Gasteiger partial charge >= 0.3 is 0 Å². The first-order valence-electron chi connectivity index (χ1n) is 5.64. The third kappa shape index (κ3) is 2.80. The minimum absolute atomic E-state index is 0.0879. The molecule has 0 aliphatic rings. The van der Waals surface area contributed by atoms with Gasteiger partial charge < -0.3 is 14.8 Å². The van der Waals surface area contributed by atoms with E-state index in [1.807, 2.05) is 0 Å². The molecular formula is C13H12ClN3O3. The van der Waals surface area contributed by atoms with Gasteiger partial charge in [-0.25, -0.2) is 9.97 Å². The van der Waals surface area contributed by atoms with E-state index in [-0.39, 0.29) is 10.7 Å². The summed E-state index contributed by atoms with van der Waals surface area (Å²) in [5, 5.41) is 3.08. The molecule has 0 bridgehead atoms. The molecule has 1 aromatic heterocycles. The van der Waals surface area contributed by atoms with E-state index in [0.29, 0.717) is 29.3 Å². The first-order chi connectivity index (χ1) is 9.69. The summed E-state index contributed by atoms with van der Waals surface area (Å²) in [6.07, 6.45) is 1.87. The van der Waals surface area contributed by atoms with E-state index in [0.717, 1.165) is 0 Å². The van der Waals surface area contributed by atoms with Gasteiger partial charge in [0.05, 0.1) is 25.5 Å². The lowest BCUT2D eigenvalue weighted by atomic mass is 10.2. The minimum atomic E-state index is 0.0879. The SMILES string of the molecule is COc1ccc(Nc2ncnc(Cl)c2C=O)c(OC)c1. The zero-order valence-corrected chi connectivity index (χ0v) is 11.6. The number of aldehydes is 1. The molecular weight excluding hydrogens is 282 g/mol. The molecule has 6 nitrogen and oxygen atoms in total. The number of halogens is 1. The van der Waals surface area contributed by atoms with E-state index < -0.39 is 0 Å². The minimum Gasteiger partial charge on any atom is -0.497 e. The monoisotopic (exact) mass is 293 g/mol. The molecule has 1 aromatic carbocycles. The second-order valence-electron chi connectivity index (χ2n) is 3.74. The van der Waals surface area contributed by atoms with Gasteiger partial charge in [-0.3, -0.25) is 4.79 Å². The number of hydrogen-bond donors (Lipinski definition) is 1. The highest BCUT2D eigenvalue weighted by Gasteiger charge is 2.12. The van der Waals surface area contributed by atoms with Crippen LogP contribution in [0.5, 0.6) is 11.5 Å². The Kier molecular flexibility index (Phi) is 4.37. The van der Waals surface area contributed by atoms with Crippen LogP contribution in [0, 0.1) is 0 Å². The fraction of sp³-hybridized carbons (Fsp3) is 0.154. The van der Waals surface area contributed by atoms with Crippen LogP contribution in [-0.4, -0.2) is 30.5 Å². The summed E-state index contributed by atoms with van der Waals surface area (Å²) >= 11 is 5.84. The van der Waals surface area contributed by atoms with Crippen LogP contribution in [0.3, 0.4) is 0 Å². The number of carbonyl (C=O) groups is 1. The van der Waals surface area contributed by atoms with Crippen molar-refractivity contribution in [3.05, 3.63) is 35.2 Å². The van der Waals surface area contributed by atoms with Crippen molar-refractivity contribution in [3.63, 3.8) is 0 Å². The Morgan fingerprint density at radius 1 is 1.25 bits per heavy atom. The van der Waals surface area contributed by atoms with Crippen molar-refractivity contribution < 1.29 is 14.3 Å². The highest BCUT2D eigenvalue weighted by molar-refractivity contribution is 6.32. The maximum atomic E-state index is 11.0. The molecule has 0 radical (unpaired) electrons. The third-order valence-electron chi connectivity index (χ3n) is 2.61. The van der Waals surface area contributed by atoms with E-state index >= 15 is 0 Å². The molecule has 104 valence electrons. The average Bonchev–Trinajstić information content (AvgIpc) is 2.48. The number of carbonyl (C=O) groups excluding carboxylic acids is 1. The van der Waals surface area contributed by atoms with Gasteiger partial charge in [0.2, 0.25) is 0 Å². The number of ether oxygens (including phenoxy) is 2. The van der Waals surface area contributed by atoms with Crippen LogP contribution < -0.4 is 14.8 Å². The fourth-order valence-electron chi connectivity index (χ4n) is 1.61. The highest BCUT2D eigenvalue weighted by Crippen LogP contribution is 2.32. The van der Waals surface area contributed by atoms with Gasteiger partial charge in [0.1, 0.15) is 28.8 Å². The van der Waals surface area contributed by atoms with E-state index in [9.17, 15) is 4.79 Å². The van der Waals surface area contributed by atoms with E-state index in [2.05, 4.69) is 15.3 Å². The number of benzene rings is 1. The first-order valence-corrected chi connectivity index (χ1v) is 6.02. The van der Waals surface area contributed by atoms with Crippen LogP contribution in [0.2, 0.25) is 5.15 Å². The lowest BCUT2D eigenvalue weighted by molar-refractivity contribution is 0.112. The number of aromatic nitrogens is 2. The van der Waals surface area contributed by atoms with Crippen LogP contribution in [-0.2, 0) is 0 Å². The number of anilines is 2. The van der Waals surface area contributed by atoms with Gasteiger partial charge in [-0.2, -0.15) is 0 Å². The van der Waals surface area contributed by atoms with Crippen molar-refractivity contribution in [2.75, 3.05) is 19.5 Å². The van der Waals surface area contributed by atoms with Crippen LogP contribution in [0.15, 0.2) is 24.5 Å². The largest absolute Gasteiger partial charge is 0.497 e. The maximum Gasteiger partial charge on any atom is 0.156 e. The molecule has 1 N–H and O–H groups in total. The quantitative estimate of drug-likeness (QED) is 0.675. The number of rotatable bonds is 5. The van der Waals surface area contributed by atoms with Crippen LogP contribution >= 0.6 is 11.6 Å². The molecule has 0 aliphatic carbocycles. The molecule has 0 aliphatic heterocycles. The Balaban J connectivity index is 2.39. The Hall–Kier alpha value is -2.34. The van der Waals surface area contributed by atoms with Crippen LogP contribution in [0.4, 0.5) is 11.5 Å². The Bertz CT molecular complexity index is 634. The van der Waals surface area contributed by atoms with Crippen LogP contribution in [0.25, 0.3) is 0 Å². The average molecular weight is 294 g/mol. The summed E-state index contributed by atoms with van der Waals surface area (Å²) in [5.74, 6) is 1.52. The molecule has 2 aromatic rings. The van der Waals surface area contributed by atoms with Crippen molar-refractivity contribution in [1.29, 1.82) is 0 Å². The molecule has 0 amide bonds. The number of nitrogens with one attached hydrogen (secondary N) is 1. The smallest absolute Gasteiger partial charge is 0.156 e. The second kappa shape index (κ2) is 6.21. The molecule has 0 unspecified atom stereocenters. The summed E-state index contributed by atoms with van der Waals surface area (Å²) < 4.78 is 10.4. The number of methoxy groups -OCH3 is 2. The van der Waals surface area contributed by atoms with Gasteiger partial charge in [-0.15, -0.1) is 0 Å². The Labute approximate surface area is 120 Å². The third-order valence-corrected chi connectivity index (χ3v) is 2.92. The lowest BCUT2D eigenvalue weighted by Crippen LogP contribution is -2.02. The van der Waals surface area contributed by atoms with Gasteiger partial charge in [-0.05, 0) is 12.1 Å². The zero-order chi connectivity index (χ0) is 14.5. The molecule has 0 saturated heterocycles. The van der Waals surface area contributed by atoms with Crippen molar-refractivity contribution >= 4 is 29.4 Å². The van der Waals surface area contributed by atoms with Crippen molar-refractivity contribution in [1.82, 2.24) is 9.97 Å². The van der Waals surface area contributed by atoms with Gasteiger partial charge in [0.15, 0.2) is 6.29 Å². The van der Waals surface area contributed by atoms with E-state index in [1.165, 1.54) is 13.4 Å². The number of nitrogens with zero attached hydrogens (tertiary/aromatic N) is 2. The van der Waals surface area contributed by atoms with Crippen molar-refractivity contribution in [2.45, 2.75) is 0 Å². The molecule has 2 rings (SSSR count). The van der Waals surface area contributed by atoms with Gasteiger partial charge in [0.25, 0.3) is 0 Å². The molecule has 0 saturated carbocycles. The molecule has 0 spiro atoms. The topological polar surface area (TPSA) is 73.3 Å². The van der Waals surface area contributed by atoms with Crippen molar-refractivity contribution in [3.8, 4) is 11.5 Å². The van der Waals surface area contributed by atoms with E-state index in [1.54, 1.807) is 25.3 Å². The Morgan fingerprint density at radius 2 is 2.05 bits per heavy atom. The molecule has 1 heterocycles. The molecule has 0 fully saturated rings. The lowest BCUT2D eigenvalue weighted by Gasteiger charge is -2.13. The molecule has 7 heteroatoms. The first kappa shape index (κ1) is 14.1. The predicted octanol–water partition coefficient (Wildman–Crippen LogP) is 2.70. The normalized spacial score (nSPS) is 9.95. The number of hydrogen-bond acceptors (Lipinski definition) is 6. The summed E-state index contributed by atoms with van der Waals surface area (Å²) in [7, 11) is 3.10. The standard InChI is InChI=1S/C13H12ClN3O3/c1-19-8-3-4-10(11(5-8)20-2)17-13-9(6-18)12(14)15-7-16-13/h3-7H,1-2H3,(H,15,16,17). The summed E-state index contributed by atoms with van der Waals surface area (Å²) in [5.41, 5.74) is 0.818. The summed E-state index contributed by atoms with van der Waals surface area (Å²) in [6.45, 7) is 0. The van der Waals surface area contributed by atoms with Gasteiger partial charge in [0, 0.05) is 6.07 Å². The molecule has 20 heavy (non-hydrogen) atoms. The second-order valence-corrected chi connectivity index (χ2v) is 4.09. The fourth-order valence-corrected chi connectivity index (χ4v) is 1.79. The van der Waals surface area contributed by atoms with Crippen LogP contribution in [0.1, 0.15) is 10.4 Å². The van der Waals surface area contributed by atoms with Crippen molar-refractivity contribution in [2.24, 2.45) is 0 Å². The summed E-state index contributed by atoms with van der Waals surface area (Å²) in [6, 6.07) is 5.22. The van der Waals surface area contributed by atoms with Gasteiger partial charge in [-0.1, -0.05) is 11.6 Å². The molecule has 0 atom stereocenters. The Morgan fingerprint density at radius 3 is 2.70 bits per heavy atom.